The molecule has 0 fully saturated rings. The van der Waals surface area contributed by atoms with Crippen LogP contribution in [0.2, 0.25) is 0 Å². The Bertz CT molecular complexity index is 705. The number of fused-ring (bicyclic) bond motifs is 1. The molecule has 0 aliphatic heterocycles. The van der Waals surface area contributed by atoms with Crippen molar-refractivity contribution in [2.45, 2.75) is 6.61 Å². The Morgan fingerprint density at radius 2 is 2.11 bits per heavy atom. The average molecular weight is 240 g/mol. The van der Waals surface area contributed by atoms with E-state index in [1.54, 1.807) is 16.8 Å². The van der Waals surface area contributed by atoms with Crippen LogP contribution in [0, 0.1) is 0 Å². The summed E-state index contributed by atoms with van der Waals surface area (Å²) in [5.41, 5.74) is 9.54. The molecule has 18 heavy (non-hydrogen) atoms. The molecule has 0 aliphatic carbocycles. The largest absolute Gasteiger partial charge is 0.395 e. The molecule has 3 N–H and O–H groups in total. The number of nitrogens with zero attached hydrogens (tertiary/aromatic N) is 3. The normalized spacial score (nSPS) is 10.9. The first-order valence-electron chi connectivity index (χ1n) is 5.59. The number of aromatic nitrogens is 3. The van der Waals surface area contributed by atoms with Crippen molar-refractivity contribution in [2.75, 3.05) is 5.73 Å². The Morgan fingerprint density at radius 1 is 1.22 bits per heavy atom. The number of aliphatic hydroxyl groups excluding tert-OH is 1. The summed E-state index contributed by atoms with van der Waals surface area (Å²) in [5.74, 6) is 0. The van der Waals surface area contributed by atoms with Gasteiger partial charge in [0.2, 0.25) is 0 Å². The molecule has 5 heteroatoms. The highest BCUT2D eigenvalue weighted by atomic mass is 16.3. The van der Waals surface area contributed by atoms with Crippen molar-refractivity contribution in [3.63, 3.8) is 0 Å². The maximum absolute atomic E-state index is 9.31. The monoisotopic (exact) mass is 240 g/mol. The third kappa shape index (κ3) is 1.53. The second kappa shape index (κ2) is 4.12. The lowest BCUT2D eigenvalue weighted by atomic mass is 10.1. The van der Waals surface area contributed by atoms with Gasteiger partial charge in [0.25, 0.3) is 0 Å². The van der Waals surface area contributed by atoms with Crippen LogP contribution in [0.4, 0.5) is 5.69 Å². The minimum atomic E-state index is -0.135. The molecule has 3 rings (SSSR count). The van der Waals surface area contributed by atoms with E-state index in [0.29, 0.717) is 17.1 Å². The van der Waals surface area contributed by atoms with Gasteiger partial charge in [-0.25, -0.2) is 4.52 Å². The molecule has 3 aromatic heterocycles. The third-order valence-electron chi connectivity index (χ3n) is 2.87. The van der Waals surface area contributed by atoms with Crippen molar-refractivity contribution in [3.05, 3.63) is 48.4 Å². The summed E-state index contributed by atoms with van der Waals surface area (Å²) in [7, 11) is 0. The van der Waals surface area contributed by atoms with Crippen LogP contribution in [0.15, 0.2) is 42.7 Å². The molecule has 0 spiro atoms. The minimum Gasteiger partial charge on any atom is -0.395 e. The second-order valence-electron chi connectivity index (χ2n) is 3.95. The summed E-state index contributed by atoms with van der Waals surface area (Å²) < 4.78 is 1.72. The molecule has 0 saturated carbocycles. The predicted molar refractivity (Wildman–Crippen MR) is 68.8 cm³/mol. The Labute approximate surface area is 104 Å². The predicted octanol–water partition coefficient (Wildman–Crippen LogP) is 1.47. The van der Waals surface area contributed by atoms with Crippen molar-refractivity contribution in [1.29, 1.82) is 0 Å². The number of aliphatic hydroxyl groups is 1. The summed E-state index contributed by atoms with van der Waals surface area (Å²) in [4.78, 5) is 4.13. The highest BCUT2D eigenvalue weighted by Gasteiger charge is 2.14. The smallest absolute Gasteiger partial charge is 0.118 e. The van der Waals surface area contributed by atoms with E-state index in [2.05, 4.69) is 10.1 Å². The summed E-state index contributed by atoms with van der Waals surface area (Å²) in [6, 6.07) is 9.36. The van der Waals surface area contributed by atoms with E-state index in [0.717, 1.165) is 11.1 Å². The molecule has 5 nitrogen and oxygen atoms in total. The molecule has 0 saturated heterocycles. The summed E-state index contributed by atoms with van der Waals surface area (Å²) >= 11 is 0. The van der Waals surface area contributed by atoms with Crippen molar-refractivity contribution < 1.29 is 5.11 Å². The van der Waals surface area contributed by atoms with Gasteiger partial charge in [0.1, 0.15) is 5.69 Å². The molecular weight excluding hydrogens is 228 g/mol. The van der Waals surface area contributed by atoms with Crippen LogP contribution in [-0.4, -0.2) is 19.7 Å². The molecule has 0 atom stereocenters. The van der Waals surface area contributed by atoms with Gasteiger partial charge in [0.15, 0.2) is 0 Å². The van der Waals surface area contributed by atoms with Gasteiger partial charge in [-0.3, -0.25) is 4.98 Å². The highest BCUT2D eigenvalue weighted by molar-refractivity contribution is 5.85. The van der Waals surface area contributed by atoms with E-state index in [1.807, 2.05) is 30.5 Å². The van der Waals surface area contributed by atoms with Gasteiger partial charge in [0, 0.05) is 18.0 Å². The van der Waals surface area contributed by atoms with Crippen molar-refractivity contribution >= 4 is 11.2 Å². The lowest BCUT2D eigenvalue weighted by Gasteiger charge is -2.03. The molecule has 0 unspecified atom stereocenters. The number of hydrogen-bond donors (Lipinski definition) is 2. The molecule has 0 aromatic carbocycles. The SMILES string of the molecule is Nc1c(-c2cccnc2CO)nn2ccccc12. The Balaban J connectivity index is 2.28. The third-order valence-corrected chi connectivity index (χ3v) is 2.87. The van der Waals surface area contributed by atoms with Gasteiger partial charge in [-0.2, -0.15) is 5.10 Å². The molecular formula is C13H12N4O. The summed E-state index contributed by atoms with van der Waals surface area (Å²) in [5, 5.41) is 13.7. The zero-order chi connectivity index (χ0) is 12.5. The lowest BCUT2D eigenvalue weighted by molar-refractivity contribution is 0.277. The topological polar surface area (TPSA) is 76.4 Å². The number of nitrogen functional groups attached to an aromatic ring is 1. The number of rotatable bonds is 2. The van der Waals surface area contributed by atoms with Crippen LogP contribution >= 0.6 is 0 Å². The maximum atomic E-state index is 9.31. The van der Waals surface area contributed by atoms with Crippen molar-refractivity contribution in [2.24, 2.45) is 0 Å². The lowest BCUT2D eigenvalue weighted by Crippen LogP contribution is -1.95. The van der Waals surface area contributed by atoms with E-state index >= 15 is 0 Å². The first kappa shape index (κ1) is 10.7. The molecule has 0 amide bonds. The van der Waals surface area contributed by atoms with Gasteiger partial charge >= 0.3 is 0 Å². The first-order chi connectivity index (χ1) is 8.81. The van der Waals surface area contributed by atoms with Gasteiger partial charge in [-0.05, 0) is 24.3 Å². The maximum Gasteiger partial charge on any atom is 0.118 e. The van der Waals surface area contributed by atoms with Gasteiger partial charge < -0.3 is 10.8 Å². The Hall–Kier alpha value is -2.40. The van der Waals surface area contributed by atoms with E-state index in [9.17, 15) is 5.11 Å². The highest BCUT2D eigenvalue weighted by Crippen LogP contribution is 2.29. The van der Waals surface area contributed by atoms with Gasteiger partial charge in [-0.15, -0.1) is 0 Å². The van der Waals surface area contributed by atoms with Crippen molar-refractivity contribution in [1.82, 2.24) is 14.6 Å². The fourth-order valence-electron chi connectivity index (χ4n) is 2.00. The van der Waals surface area contributed by atoms with Crippen LogP contribution in [0.25, 0.3) is 16.8 Å². The van der Waals surface area contributed by atoms with E-state index in [-0.39, 0.29) is 6.61 Å². The minimum absolute atomic E-state index is 0.135. The van der Waals surface area contributed by atoms with Crippen LogP contribution in [0.3, 0.4) is 0 Å². The van der Waals surface area contributed by atoms with Gasteiger partial charge in [-0.1, -0.05) is 6.07 Å². The summed E-state index contributed by atoms with van der Waals surface area (Å²) in [6.45, 7) is -0.135. The number of pyridine rings is 2. The first-order valence-corrected chi connectivity index (χ1v) is 5.59. The molecule has 3 heterocycles. The fraction of sp³-hybridized carbons (Fsp3) is 0.0769. The number of nitrogens with two attached hydrogens (primary N) is 1. The quantitative estimate of drug-likeness (QED) is 0.711. The average Bonchev–Trinajstić information content (AvgIpc) is 2.76. The standard InChI is InChI=1S/C13H12N4O/c14-12-11-5-1-2-7-17(11)16-13(12)9-4-3-6-15-10(9)8-18/h1-7,18H,8,14H2. The van der Waals surface area contributed by atoms with Crippen molar-refractivity contribution in [3.8, 4) is 11.3 Å². The zero-order valence-corrected chi connectivity index (χ0v) is 9.61. The molecule has 0 bridgehead atoms. The van der Waals surface area contributed by atoms with Crippen LogP contribution in [0.5, 0.6) is 0 Å². The van der Waals surface area contributed by atoms with E-state index < -0.39 is 0 Å². The number of hydrogen-bond acceptors (Lipinski definition) is 4. The zero-order valence-electron chi connectivity index (χ0n) is 9.61. The van der Waals surface area contributed by atoms with Crippen LogP contribution in [0.1, 0.15) is 5.69 Å². The second-order valence-corrected chi connectivity index (χ2v) is 3.95. The molecule has 90 valence electrons. The molecule has 0 radical (unpaired) electrons. The molecule has 0 aliphatic rings. The fourth-order valence-corrected chi connectivity index (χ4v) is 2.00. The van der Waals surface area contributed by atoms with E-state index in [1.165, 1.54) is 0 Å². The van der Waals surface area contributed by atoms with Gasteiger partial charge in [0.05, 0.1) is 23.5 Å². The Morgan fingerprint density at radius 3 is 2.89 bits per heavy atom. The van der Waals surface area contributed by atoms with Crippen LogP contribution in [-0.2, 0) is 6.61 Å². The molecule has 3 aromatic rings. The van der Waals surface area contributed by atoms with Crippen LogP contribution < -0.4 is 5.73 Å². The van der Waals surface area contributed by atoms with E-state index in [4.69, 9.17) is 5.73 Å². The summed E-state index contributed by atoms with van der Waals surface area (Å²) in [6.07, 6.45) is 3.48. The number of anilines is 1. The Kier molecular flexibility index (Phi) is 2.46.